The highest BCUT2D eigenvalue weighted by Gasteiger charge is 2.34. The first-order valence-corrected chi connectivity index (χ1v) is 7.88. The van der Waals surface area contributed by atoms with E-state index in [4.69, 9.17) is 11.6 Å². The molecule has 1 aromatic rings. The highest BCUT2D eigenvalue weighted by molar-refractivity contribution is 6.33. The number of carbonyl (C=O) groups excluding carboxylic acids is 2. The summed E-state index contributed by atoms with van der Waals surface area (Å²) in [4.78, 5) is 24.2. The smallest absolute Gasteiger partial charge is 0.416 e. The second-order valence-electron chi connectivity index (χ2n) is 6.78. The van der Waals surface area contributed by atoms with E-state index in [9.17, 15) is 27.9 Å². The van der Waals surface area contributed by atoms with Crippen LogP contribution in [0.25, 0.3) is 0 Å². The van der Waals surface area contributed by atoms with Crippen molar-refractivity contribution in [2.75, 3.05) is 5.32 Å². The number of alkyl halides is 3. The Kier molecular flexibility index (Phi) is 5.18. The third-order valence-electron chi connectivity index (χ3n) is 3.88. The molecule has 1 amide bonds. The van der Waals surface area contributed by atoms with Crippen LogP contribution in [0.3, 0.4) is 0 Å². The van der Waals surface area contributed by atoms with Crippen molar-refractivity contribution in [1.82, 2.24) is 0 Å². The second-order valence-corrected chi connectivity index (χ2v) is 7.19. The van der Waals surface area contributed by atoms with Crippen molar-refractivity contribution in [2.24, 2.45) is 5.41 Å². The van der Waals surface area contributed by atoms with Gasteiger partial charge in [0.15, 0.2) is 5.78 Å². The largest absolute Gasteiger partial charge is 0.512 e. The minimum Gasteiger partial charge on any atom is -0.512 e. The van der Waals surface area contributed by atoms with Crippen LogP contribution < -0.4 is 5.32 Å². The maximum atomic E-state index is 12.7. The number of hydrogen-bond donors (Lipinski definition) is 2. The predicted molar refractivity (Wildman–Crippen MR) is 87.4 cm³/mol. The summed E-state index contributed by atoms with van der Waals surface area (Å²) in [5.41, 5.74) is -1.57. The maximum absolute atomic E-state index is 12.7. The van der Waals surface area contributed by atoms with Gasteiger partial charge in [0.1, 0.15) is 5.76 Å². The standard InChI is InChI=1S/C17H17ClF3NO3/c1-16(2)7-13(23)10(14(24)8-16)6-15(25)22-12-5-9(17(19,20)21)3-4-11(12)18/h3-5,23H,6-8H2,1-2H3,(H,22,25). The number of amides is 1. The van der Waals surface area contributed by atoms with Crippen LogP contribution in [-0.2, 0) is 15.8 Å². The molecule has 0 saturated carbocycles. The molecule has 0 aromatic heterocycles. The summed E-state index contributed by atoms with van der Waals surface area (Å²) in [5, 5.41) is 12.2. The number of benzene rings is 1. The number of ketones is 1. The van der Waals surface area contributed by atoms with Crippen LogP contribution in [0.1, 0.15) is 38.7 Å². The molecular weight excluding hydrogens is 359 g/mol. The minimum absolute atomic E-state index is 0.0140. The average Bonchev–Trinajstić information content (AvgIpc) is 2.43. The number of anilines is 1. The van der Waals surface area contributed by atoms with E-state index in [1.54, 1.807) is 0 Å². The van der Waals surface area contributed by atoms with Gasteiger partial charge in [-0.3, -0.25) is 9.59 Å². The normalized spacial score (nSPS) is 17.6. The number of halogens is 4. The van der Waals surface area contributed by atoms with Gasteiger partial charge < -0.3 is 10.4 Å². The van der Waals surface area contributed by atoms with E-state index in [2.05, 4.69) is 5.32 Å². The first kappa shape index (κ1) is 19.3. The highest BCUT2D eigenvalue weighted by Crippen LogP contribution is 2.37. The molecular formula is C17H17ClF3NO3. The van der Waals surface area contributed by atoms with Gasteiger partial charge in [0.05, 0.1) is 22.7 Å². The van der Waals surface area contributed by atoms with Gasteiger partial charge in [-0.05, 0) is 23.6 Å². The van der Waals surface area contributed by atoms with E-state index in [0.717, 1.165) is 18.2 Å². The fraction of sp³-hybridized carbons (Fsp3) is 0.412. The van der Waals surface area contributed by atoms with Crippen molar-refractivity contribution in [3.63, 3.8) is 0 Å². The van der Waals surface area contributed by atoms with Crippen molar-refractivity contribution in [3.05, 3.63) is 40.1 Å². The molecule has 0 fully saturated rings. The molecule has 8 heteroatoms. The van der Waals surface area contributed by atoms with Gasteiger partial charge in [-0.2, -0.15) is 13.2 Å². The zero-order valence-corrected chi connectivity index (χ0v) is 14.4. The molecule has 0 bridgehead atoms. The Hall–Kier alpha value is -2.02. The fourth-order valence-corrected chi connectivity index (χ4v) is 2.84. The number of rotatable bonds is 3. The number of allylic oxidation sites excluding steroid dienone is 1. The van der Waals surface area contributed by atoms with E-state index in [0.29, 0.717) is 0 Å². The Balaban J connectivity index is 2.17. The molecule has 1 aliphatic rings. The summed E-state index contributed by atoms with van der Waals surface area (Å²) in [6, 6.07) is 2.56. The van der Waals surface area contributed by atoms with E-state index in [-0.39, 0.29) is 40.7 Å². The van der Waals surface area contributed by atoms with Gasteiger partial charge in [0.2, 0.25) is 5.91 Å². The summed E-state index contributed by atoms with van der Waals surface area (Å²) in [7, 11) is 0. The van der Waals surface area contributed by atoms with E-state index >= 15 is 0 Å². The molecule has 0 atom stereocenters. The number of hydrogen-bond acceptors (Lipinski definition) is 3. The molecule has 0 radical (unpaired) electrons. The number of aliphatic hydroxyl groups excluding tert-OH is 1. The molecule has 0 spiro atoms. The van der Waals surface area contributed by atoms with Crippen LogP contribution in [0.2, 0.25) is 5.02 Å². The lowest BCUT2D eigenvalue weighted by molar-refractivity contribution is -0.137. The Bertz CT molecular complexity index is 754. The first-order chi connectivity index (χ1) is 11.4. The zero-order chi connectivity index (χ0) is 19.0. The highest BCUT2D eigenvalue weighted by atomic mass is 35.5. The van der Waals surface area contributed by atoms with Crippen molar-refractivity contribution in [3.8, 4) is 0 Å². The topological polar surface area (TPSA) is 66.4 Å². The SMILES string of the molecule is CC1(C)CC(=O)C(CC(=O)Nc2cc(C(F)(F)F)ccc2Cl)=C(O)C1. The minimum atomic E-state index is -4.57. The molecule has 1 aromatic carbocycles. The molecule has 0 aliphatic heterocycles. The van der Waals surface area contributed by atoms with Crippen LogP contribution in [-0.4, -0.2) is 16.8 Å². The first-order valence-electron chi connectivity index (χ1n) is 7.50. The van der Waals surface area contributed by atoms with Crippen molar-refractivity contribution in [2.45, 2.75) is 39.3 Å². The van der Waals surface area contributed by atoms with Crippen molar-refractivity contribution < 1.29 is 27.9 Å². The lowest BCUT2D eigenvalue weighted by Crippen LogP contribution is -2.28. The lowest BCUT2D eigenvalue weighted by atomic mass is 9.76. The van der Waals surface area contributed by atoms with Gasteiger partial charge in [-0.1, -0.05) is 25.4 Å². The molecule has 136 valence electrons. The van der Waals surface area contributed by atoms with Crippen molar-refractivity contribution >= 4 is 29.0 Å². The van der Waals surface area contributed by atoms with Crippen LogP contribution in [0.15, 0.2) is 29.5 Å². The monoisotopic (exact) mass is 375 g/mol. The summed E-state index contributed by atoms with van der Waals surface area (Å²) in [6.07, 6.45) is -4.56. The third kappa shape index (κ3) is 4.75. The van der Waals surface area contributed by atoms with Gasteiger partial charge in [-0.25, -0.2) is 0 Å². The quantitative estimate of drug-likeness (QED) is 0.790. The van der Waals surface area contributed by atoms with E-state index in [1.807, 2.05) is 13.8 Å². The van der Waals surface area contributed by atoms with E-state index < -0.39 is 29.5 Å². The van der Waals surface area contributed by atoms with Gasteiger partial charge in [-0.15, -0.1) is 0 Å². The zero-order valence-electron chi connectivity index (χ0n) is 13.6. The Morgan fingerprint density at radius 2 is 1.96 bits per heavy atom. The fourth-order valence-electron chi connectivity index (χ4n) is 2.68. The molecule has 0 heterocycles. The summed E-state index contributed by atoms with van der Waals surface area (Å²) in [6.45, 7) is 3.64. The predicted octanol–water partition coefficient (Wildman–Crippen LogP) is 4.89. The van der Waals surface area contributed by atoms with Crippen molar-refractivity contribution in [1.29, 1.82) is 0 Å². The maximum Gasteiger partial charge on any atom is 0.416 e. The average molecular weight is 376 g/mol. The second kappa shape index (κ2) is 6.71. The Labute approximate surface area is 147 Å². The van der Waals surface area contributed by atoms with Crippen LogP contribution in [0.4, 0.5) is 18.9 Å². The molecule has 0 unspecified atom stereocenters. The molecule has 0 saturated heterocycles. The van der Waals surface area contributed by atoms with Crippen LogP contribution >= 0.6 is 11.6 Å². The van der Waals surface area contributed by atoms with E-state index in [1.165, 1.54) is 0 Å². The number of nitrogens with one attached hydrogen (secondary N) is 1. The number of Topliss-reactive ketones (excluding diaryl/α,β-unsaturated/α-hetero) is 1. The van der Waals surface area contributed by atoms with Crippen LogP contribution in [0, 0.1) is 5.41 Å². The Morgan fingerprint density at radius 1 is 1.32 bits per heavy atom. The molecule has 2 rings (SSSR count). The van der Waals surface area contributed by atoms with Gasteiger partial charge in [0, 0.05) is 18.4 Å². The summed E-state index contributed by atoms with van der Waals surface area (Å²) >= 11 is 5.82. The molecule has 4 nitrogen and oxygen atoms in total. The number of aliphatic hydroxyl groups is 1. The summed E-state index contributed by atoms with van der Waals surface area (Å²) in [5.74, 6) is -1.23. The van der Waals surface area contributed by atoms with Gasteiger partial charge in [0.25, 0.3) is 0 Å². The molecule has 25 heavy (non-hydrogen) atoms. The molecule has 1 aliphatic carbocycles. The van der Waals surface area contributed by atoms with Crippen LogP contribution in [0.5, 0.6) is 0 Å². The third-order valence-corrected chi connectivity index (χ3v) is 4.20. The molecule has 2 N–H and O–H groups in total. The summed E-state index contributed by atoms with van der Waals surface area (Å²) < 4.78 is 38.2. The lowest BCUT2D eigenvalue weighted by Gasteiger charge is -2.29. The van der Waals surface area contributed by atoms with Gasteiger partial charge >= 0.3 is 6.18 Å². The number of carbonyl (C=O) groups is 2. The Morgan fingerprint density at radius 3 is 2.52 bits per heavy atom.